The van der Waals surface area contributed by atoms with Crippen molar-refractivity contribution in [1.29, 1.82) is 0 Å². The Bertz CT molecular complexity index is 331. The molecule has 19 heavy (non-hydrogen) atoms. The van der Waals surface area contributed by atoms with Gasteiger partial charge in [0.1, 0.15) is 0 Å². The fraction of sp³-hybridized carbons (Fsp3) is 0.625. The molecule has 1 heterocycles. The zero-order chi connectivity index (χ0) is 13.3. The third-order valence-electron chi connectivity index (χ3n) is 3.86. The highest BCUT2D eigenvalue weighted by atomic mass is 15.2. The van der Waals surface area contributed by atoms with Crippen LogP contribution >= 0.6 is 0 Å². The normalized spacial score (nSPS) is 17.6. The van der Waals surface area contributed by atoms with Crippen molar-refractivity contribution < 1.29 is 0 Å². The molecule has 1 aliphatic heterocycles. The van der Waals surface area contributed by atoms with Crippen LogP contribution in [0.15, 0.2) is 30.3 Å². The van der Waals surface area contributed by atoms with Gasteiger partial charge in [-0.3, -0.25) is 4.90 Å². The van der Waals surface area contributed by atoms with E-state index in [4.69, 9.17) is 0 Å². The maximum Gasteiger partial charge on any atom is 0.0234 e. The van der Waals surface area contributed by atoms with Crippen LogP contribution in [0.2, 0.25) is 0 Å². The zero-order valence-electron chi connectivity index (χ0n) is 12.1. The molecule has 1 aromatic carbocycles. The highest BCUT2D eigenvalue weighted by Crippen LogP contribution is 2.04. The minimum absolute atomic E-state index is 1.07. The van der Waals surface area contributed by atoms with Crippen LogP contribution in [0.3, 0.4) is 0 Å². The lowest BCUT2D eigenvalue weighted by molar-refractivity contribution is 0.211. The Hall–Kier alpha value is -0.900. The first-order valence-corrected chi connectivity index (χ1v) is 7.58. The SMILES string of the molecule is CCN(CCN1CCCNCC1)Cc1ccccc1. The Kier molecular flexibility index (Phi) is 6.34. The number of nitrogens with one attached hydrogen (secondary N) is 1. The molecule has 1 fully saturated rings. The lowest BCUT2D eigenvalue weighted by atomic mass is 10.2. The number of hydrogen-bond donors (Lipinski definition) is 1. The maximum absolute atomic E-state index is 3.46. The monoisotopic (exact) mass is 261 g/mol. The van der Waals surface area contributed by atoms with E-state index in [0.29, 0.717) is 0 Å². The second-order valence-electron chi connectivity index (χ2n) is 5.30. The van der Waals surface area contributed by atoms with Crippen molar-refractivity contribution >= 4 is 0 Å². The molecule has 1 N–H and O–H groups in total. The molecule has 0 saturated carbocycles. The molecule has 0 radical (unpaired) electrons. The summed E-state index contributed by atoms with van der Waals surface area (Å²) in [4.78, 5) is 5.13. The van der Waals surface area contributed by atoms with E-state index in [9.17, 15) is 0 Å². The van der Waals surface area contributed by atoms with E-state index >= 15 is 0 Å². The van der Waals surface area contributed by atoms with Crippen molar-refractivity contribution in [3.63, 3.8) is 0 Å². The molecule has 2 rings (SSSR count). The minimum atomic E-state index is 1.07. The van der Waals surface area contributed by atoms with Crippen LogP contribution in [0.4, 0.5) is 0 Å². The third-order valence-corrected chi connectivity index (χ3v) is 3.86. The van der Waals surface area contributed by atoms with Gasteiger partial charge in [0.2, 0.25) is 0 Å². The molecule has 3 nitrogen and oxygen atoms in total. The average Bonchev–Trinajstić information content (AvgIpc) is 2.73. The van der Waals surface area contributed by atoms with Crippen LogP contribution in [-0.4, -0.2) is 55.6 Å². The molecular weight excluding hydrogens is 234 g/mol. The van der Waals surface area contributed by atoms with Crippen molar-refractivity contribution in [2.45, 2.75) is 19.9 Å². The number of benzene rings is 1. The van der Waals surface area contributed by atoms with E-state index in [1.807, 2.05) is 0 Å². The smallest absolute Gasteiger partial charge is 0.0234 e. The van der Waals surface area contributed by atoms with E-state index in [0.717, 1.165) is 19.6 Å². The van der Waals surface area contributed by atoms with Crippen LogP contribution < -0.4 is 5.32 Å². The summed E-state index contributed by atoms with van der Waals surface area (Å²) < 4.78 is 0. The summed E-state index contributed by atoms with van der Waals surface area (Å²) >= 11 is 0. The van der Waals surface area contributed by atoms with Crippen molar-refractivity contribution in [2.24, 2.45) is 0 Å². The number of hydrogen-bond acceptors (Lipinski definition) is 3. The summed E-state index contributed by atoms with van der Waals surface area (Å²) in [6.45, 7) is 11.6. The average molecular weight is 261 g/mol. The predicted molar refractivity (Wildman–Crippen MR) is 81.3 cm³/mol. The molecule has 0 atom stereocenters. The molecule has 0 bridgehead atoms. The fourth-order valence-corrected chi connectivity index (χ4v) is 2.60. The summed E-state index contributed by atoms with van der Waals surface area (Å²) in [6, 6.07) is 10.8. The van der Waals surface area contributed by atoms with Gasteiger partial charge in [0.25, 0.3) is 0 Å². The Morgan fingerprint density at radius 2 is 2.00 bits per heavy atom. The quantitative estimate of drug-likeness (QED) is 0.842. The van der Waals surface area contributed by atoms with Gasteiger partial charge in [-0.15, -0.1) is 0 Å². The lowest BCUT2D eigenvalue weighted by Crippen LogP contribution is -2.36. The fourth-order valence-electron chi connectivity index (χ4n) is 2.60. The van der Waals surface area contributed by atoms with Crippen LogP contribution in [0.5, 0.6) is 0 Å². The maximum atomic E-state index is 3.46. The van der Waals surface area contributed by atoms with E-state index in [2.05, 4.69) is 52.4 Å². The van der Waals surface area contributed by atoms with E-state index in [1.54, 1.807) is 0 Å². The van der Waals surface area contributed by atoms with Gasteiger partial charge in [-0.25, -0.2) is 0 Å². The summed E-state index contributed by atoms with van der Waals surface area (Å²) in [7, 11) is 0. The Labute approximate surface area is 117 Å². The third kappa shape index (κ3) is 5.31. The molecule has 0 amide bonds. The van der Waals surface area contributed by atoms with Gasteiger partial charge in [0.15, 0.2) is 0 Å². The van der Waals surface area contributed by atoms with Crippen molar-refractivity contribution in [2.75, 3.05) is 45.8 Å². The summed E-state index contributed by atoms with van der Waals surface area (Å²) in [5.74, 6) is 0. The molecule has 106 valence electrons. The Morgan fingerprint density at radius 1 is 1.16 bits per heavy atom. The molecule has 1 aliphatic rings. The second kappa shape index (κ2) is 8.31. The topological polar surface area (TPSA) is 18.5 Å². The van der Waals surface area contributed by atoms with Crippen LogP contribution in [-0.2, 0) is 6.54 Å². The van der Waals surface area contributed by atoms with Crippen LogP contribution in [0.1, 0.15) is 18.9 Å². The van der Waals surface area contributed by atoms with E-state index < -0.39 is 0 Å². The van der Waals surface area contributed by atoms with Gasteiger partial charge in [0.05, 0.1) is 0 Å². The van der Waals surface area contributed by atoms with Gasteiger partial charge in [-0.2, -0.15) is 0 Å². The van der Waals surface area contributed by atoms with Crippen molar-refractivity contribution in [1.82, 2.24) is 15.1 Å². The molecule has 3 heteroatoms. The first-order valence-electron chi connectivity index (χ1n) is 7.58. The van der Waals surface area contributed by atoms with E-state index in [1.165, 1.54) is 44.7 Å². The number of rotatable bonds is 6. The minimum Gasteiger partial charge on any atom is -0.315 e. The number of nitrogens with zero attached hydrogens (tertiary/aromatic N) is 2. The predicted octanol–water partition coefficient (Wildman–Crippen LogP) is 1.80. The first kappa shape index (κ1) is 14.5. The van der Waals surface area contributed by atoms with Gasteiger partial charge < -0.3 is 10.2 Å². The number of likely N-dealkylation sites (N-methyl/N-ethyl adjacent to an activating group) is 1. The largest absolute Gasteiger partial charge is 0.315 e. The molecule has 1 saturated heterocycles. The Balaban J connectivity index is 1.75. The van der Waals surface area contributed by atoms with Gasteiger partial charge in [0, 0.05) is 32.7 Å². The van der Waals surface area contributed by atoms with Gasteiger partial charge >= 0.3 is 0 Å². The first-order chi connectivity index (χ1) is 9.38. The highest BCUT2D eigenvalue weighted by Gasteiger charge is 2.10. The highest BCUT2D eigenvalue weighted by molar-refractivity contribution is 5.14. The summed E-state index contributed by atoms with van der Waals surface area (Å²) in [5.41, 5.74) is 1.42. The molecule has 0 spiro atoms. The second-order valence-corrected chi connectivity index (χ2v) is 5.30. The Morgan fingerprint density at radius 3 is 2.79 bits per heavy atom. The van der Waals surface area contributed by atoms with Crippen molar-refractivity contribution in [3.8, 4) is 0 Å². The lowest BCUT2D eigenvalue weighted by Gasteiger charge is -2.25. The van der Waals surface area contributed by atoms with E-state index in [-0.39, 0.29) is 0 Å². The van der Waals surface area contributed by atoms with Crippen LogP contribution in [0, 0.1) is 0 Å². The molecule has 1 aromatic rings. The summed E-state index contributed by atoms with van der Waals surface area (Å²) in [6.07, 6.45) is 1.28. The zero-order valence-corrected chi connectivity index (χ0v) is 12.1. The van der Waals surface area contributed by atoms with Crippen molar-refractivity contribution in [3.05, 3.63) is 35.9 Å². The molecule has 0 unspecified atom stereocenters. The van der Waals surface area contributed by atoms with Gasteiger partial charge in [-0.05, 0) is 31.6 Å². The standard InChI is InChI=1S/C16H27N3/c1-2-18(15-16-7-4-3-5-8-16)13-14-19-11-6-9-17-10-12-19/h3-5,7-8,17H,2,6,9-15H2,1H3. The molecular formula is C16H27N3. The molecule has 0 aliphatic carbocycles. The van der Waals surface area contributed by atoms with Gasteiger partial charge in [-0.1, -0.05) is 37.3 Å². The summed E-state index contributed by atoms with van der Waals surface area (Å²) in [5, 5.41) is 3.46. The van der Waals surface area contributed by atoms with Crippen LogP contribution in [0.25, 0.3) is 0 Å². The molecule has 0 aromatic heterocycles.